The fraction of sp³-hybridized carbons (Fsp3) is 0.860. The fourth-order valence-electron chi connectivity index (χ4n) is 7.04. The van der Waals surface area contributed by atoms with Gasteiger partial charge < -0.3 is 5.11 Å². The van der Waals surface area contributed by atoms with E-state index in [1.165, 1.54) is 222 Å². The lowest BCUT2D eigenvalue weighted by atomic mass is 9.96. The van der Waals surface area contributed by atoms with Crippen molar-refractivity contribution >= 4 is 0 Å². The lowest BCUT2D eigenvalue weighted by Crippen LogP contribution is -1.95. The molecule has 1 N–H and O–H groups in total. The van der Waals surface area contributed by atoms with Crippen molar-refractivity contribution in [2.75, 3.05) is 0 Å². The summed E-state index contributed by atoms with van der Waals surface area (Å²) in [5.74, 6) is 0.609. The second kappa shape index (κ2) is 32.0. The van der Waals surface area contributed by atoms with Crippen molar-refractivity contribution in [3.8, 4) is 5.75 Å². The van der Waals surface area contributed by atoms with Crippen LogP contribution >= 0.6 is 0 Å². The molecule has 44 heavy (non-hydrogen) atoms. The van der Waals surface area contributed by atoms with Crippen LogP contribution in [0.15, 0.2) is 12.1 Å². The summed E-state index contributed by atoms with van der Waals surface area (Å²) in [6.45, 7) is 6.80. The molecule has 0 saturated heterocycles. The van der Waals surface area contributed by atoms with E-state index in [-0.39, 0.29) is 0 Å². The van der Waals surface area contributed by atoms with Gasteiger partial charge in [0.05, 0.1) is 0 Å². The molecule has 0 unspecified atom stereocenters. The molecule has 0 atom stereocenters. The smallest absolute Gasteiger partial charge is 0.121 e. The van der Waals surface area contributed by atoms with Crippen LogP contribution in [0.2, 0.25) is 0 Å². The minimum Gasteiger partial charge on any atom is -0.507 e. The van der Waals surface area contributed by atoms with Crippen molar-refractivity contribution in [3.05, 3.63) is 28.8 Å². The van der Waals surface area contributed by atoms with E-state index in [9.17, 15) is 5.11 Å². The number of rotatable bonds is 34. The number of hydrogen-bond donors (Lipinski definition) is 1. The summed E-state index contributed by atoms with van der Waals surface area (Å²) in [4.78, 5) is 0. The van der Waals surface area contributed by atoms with Crippen LogP contribution < -0.4 is 0 Å². The van der Waals surface area contributed by atoms with E-state index in [2.05, 4.69) is 32.9 Å². The lowest BCUT2D eigenvalue weighted by molar-refractivity contribution is 0.456. The Bertz CT molecular complexity index is 665. The molecule has 0 radical (unpaired) electrons. The predicted molar refractivity (Wildman–Crippen MR) is 199 cm³/mol. The summed E-state index contributed by atoms with van der Waals surface area (Å²) >= 11 is 0. The van der Waals surface area contributed by atoms with Crippen LogP contribution in [0.1, 0.15) is 236 Å². The predicted octanol–water partition coefficient (Wildman–Crippen LogP) is 15.3. The Balaban J connectivity index is 1.98. The van der Waals surface area contributed by atoms with Gasteiger partial charge in [0.1, 0.15) is 5.75 Å². The molecule has 0 amide bonds. The summed E-state index contributed by atoms with van der Waals surface area (Å²) in [6.07, 6.45) is 47.1. The Hall–Kier alpha value is -0.980. The molecule has 1 nitrogen and oxygen atoms in total. The first-order chi connectivity index (χ1) is 21.7. The van der Waals surface area contributed by atoms with Crippen molar-refractivity contribution < 1.29 is 5.11 Å². The van der Waals surface area contributed by atoms with Crippen molar-refractivity contribution in [1.82, 2.24) is 0 Å². The van der Waals surface area contributed by atoms with Crippen LogP contribution in [-0.4, -0.2) is 5.11 Å². The number of benzene rings is 1. The largest absolute Gasteiger partial charge is 0.507 e. The molecule has 0 aliphatic carbocycles. The Kier molecular flexibility index (Phi) is 29.8. The van der Waals surface area contributed by atoms with E-state index in [1.54, 1.807) is 0 Å². The van der Waals surface area contributed by atoms with E-state index in [1.807, 2.05) is 0 Å². The van der Waals surface area contributed by atoms with Crippen molar-refractivity contribution in [3.63, 3.8) is 0 Å². The second-order valence-electron chi connectivity index (χ2n) is 14.5. The zero-order valence-corrected chi connectivity index (χ0v) is 30.6. The number of aromatic hydroxyl groups is 1. The summed E-state index contributed by atoms with van der Waals surface area (Å²) < 4.78 is 0. The molecule has 0 aliphatic rings. The van der Waals surface area contributed by atoms with Crippen molar-refractivity contribution in [2.45, 2.75) is 239 Å². The van der Waals surface area contributed by atoms with Crippen LogP contribution in [0.3, 0.4) is 0 Å². The maximum absolute atomic E-state index is 11.0. The topological polar surface area (TPSA) is 20.2 Å². The Morgan fingerprint density at radius 2 is 0.545 bits per heavy atom. The fourth-order valence-corrected chi connectivity index (χ4v) is 7.04. The first-order valence-electron chi connectivity index (χ1n) is 20.5. The number of aryl methyl sites for hydroxylation is 3. The van der Waals surface area contributed by atoms with Crippen LogP contribution in [-0.2, 0) is 12.8 Å². The van der Waals surface area contributed by atoms with Gasteiger partial charge in [-0.1, -0.05) is 224 Å². The third kappa shape index (κ3) is 25.2. The van der Waals surface area contributed by atoms with Crippen LogP contribution in [0, 0.1) is 6.92 Å². The van der Waals surface area contributed by atoms with Crippen LogP contribution in [0.25, 0.3) is 0 Å². The number of hydrogen-bond acceptors (Lipinski definition) is 1. The van der Waals surface area contributed by atoms with Gasteiger partial charge in [0.25, 0.3) is 0 Å². The third-order valence-corrected chi connectivity index (χ3v) is 10.0. The van der Waals surface area contributed by atoms with Gasteiger partial charge in [-0.15, -0.1) is 0 Å². The molecule has 1 heteroatoms. The highest BCUT2D eigenvalue weighted by molar-refractivity contribution is 5.43. The highest BCUT2D eigenvalue weighted by atomic mass is 16.3. The van der Waals surface area contributed by atoms with Gasteiger partial charge in [-0.3, -0.25) is 0 Å². The maximum Gasteiger partial charge on any atom is 0.121 e. The molecule has 0 bridgehead atoms. The lowest BCUT2D eigenvalue weighted by Gasteiger charge is -2.12. The van der Waals surface area contributed by atoms with Gasteiger partial charge in [-0.25, -0.2) is 0 Å². The molecular weight excluding hydrogens is 532 g/mol. The van der Waals surface area contributed by atoms with E-state index in [4.69, 9.17) is 0 Å². The summed E-state index contributed by atoms with van der Waals surface area (Å²) in [5.41, 5.74) is 3.71. The van der Waals surface area contributed by atoms with Gasteiger partial charge in [0.15, 0.2) is 0 Å². The first kappa shape index (κ1) is 41.0. The number of unbranched alkanes of at least 4 members (excludes halogenated alkanes) is 30. The highest BCUT2D eigenvalue weighted by Gasteiger charge is 2.09. The standard InChI is InChI=1S/C43H80O/c1-4-6-8-10-12-14-16-18-20-22-24-26-28-30-32-34-36-41-38-40(3)39-42(43(41)44)37-35-33-31-29-27-25-23-21-19-17-15-13-11-9-7-5-2/h38-39,44H,4-37H2,1-3H3. The van der Waals surface area contributed by atoms with E-state index in [0.29, 0.717) is 5.75 Å². The first-order valence-corrected chi connectivity index (χ1v) is 20.5. The van der Waals surface area contributed by atoms with Gasteiger partial charge >= 0.3 is 0 Å². The summed E-state index contributed by atoms with van der Waals surface area (Å²) in [6, 6.07) is 4.47. The average Bonchev–Trinajstić information content (AvgIpc) is 3.02. The summed E-state index contributed by atoms with van der Waals surface area (Å²) in [5, 5.41) is 11.0. The molecule has 0 heterocycles. The Morgan fingerprint density at radius 3 is 0.773 bits per heavy atom. The molecule has 1 aromatic rings. The minimum atomic E-state index is 0.609. The van der Waals surface area contributed by atoms with Crippen molar-refractivity contribution in [2.24, 2.45) is 0 Å². The molecule has 0 fully saturated rings. The molecule has 1 aromatic carbocycles. The zero-order chi connectivity index (χ0) is 31.8. The highest BCUT2D eigenvalue weighted by Crippen LogP contribution is 2.28. The molecule has 0 spiro atoms. The van der Waals surface area contributed by atoms with Gasteiger partial charge in [-0.2, -0.15) is 0 Å². The summed E-state index contributed by atoms with van der Waals surface area (Å²) in [7, 11) is 0. The van der Waals surface area contributed by atoms with Gasteiger partial charge in [0, 0.05) is 0 Å². The molecule has 258 valence electrons. The zero-order valence-electron chi connectivity index (χ0n) is 30.6. The third-order valence-electron chi connectivity index (χ3n) is 10.0. The maximum atomic E-state index is 11.0. The molecule has 0 aromatic heterocycles. The van der Waals surface area contributed by atoms with E-state index in [0.717, 1.165) is 12.8 Å². The van der Waals surface area contributed by atoms with Gasteiger partial charge in [-0.05, 0) is 43.7 Å². The molecule has 0 aliphatic heterocycles. The average molecular weight is 613 g/mol. The number of phenolic OH excluding ortho intramolecular Hbond substituents is 1. The number of phenols is 1. The molecular formula is C43H80O. The monoisotopic (exact) mass is 613 g/mol. The Labute approximate surface area is 278 Å². The van der Waals surface area contributed by atoms with Gasteiger partial charge in [0.2, 0.25) is 0 Å². The van der Waals surface area contributed by atoms with E-state index < -0.39 is 0 Å². The molecule has 0 saturated carbocycles. The quantitative estimate of drug-likeness (QED) is 0.0768. The second-order valence-corrected chi connectivity index (χ2v) is 14.5. The Morgan fingerprint density at radius 1 is 0.341 bits per heavy atom. The molecule has 1 rings (SSSR count). The van der Waals surface area contributed by atoms with Crippen LogP contribution in [0.4, 0.5) is 0 Å². The van der Waals surface area contributed by atoms with E-state index >= 15 is 0 Å². The minimum absolute atomic E-state index is 0.609. The van der Waals surface area contributed by atoms with Crippen molar-refractivity contribution in [1.29, 1.82) is 0 Å². The normalized spacial score (nSPS) is 11.5. The van der Waals surface area contributed by atoms with Crippen LogP contribution in [0.5, 0.6) is 5.75 Å². The SMILES string of the molecule is CCCCCCCCCCCCCCCCCCc1cc(C)cc(CCCCCCCCCCCCCCCCCC)c1O.